The van der Waals surface area contributed by atoms with Crippen LogP contribution in [0.25, 0.3) is 0 Å². The van der Waals surface area contributed by atoms with Crippen molar-refractivity contribution in [1.29, 1.82) is 0 Å². The lowest BCUT2D eigenvalue weighted by Crippen LogP contribution is -2.29. The highest BCUT2D eigenvalue weighted by atomic mass is 14.7. The molecule has 1 heteroatoms. The molecule has 78 valence electrons. The zero-order chi connectivity index (χ0) is 10.6. The minimum atomic E-state index is -0.218. The summed E-state index contributed by atoms with van der Waals surface area (Å²) in [6, 6.07) is 8.50. The summed E-state index contributed by atoms with van der Waals surface area (Å²) in [7, 11) is 0. The van der Waals surface area contributed by atoms with Crippen LogP contribution in [0.1, 0.15) is 44.7 Å². The van der Waals surface area contributed by atoms with Gasteiger partial charge < -0.3 is 5.73 Å². The number of aryl methyl sites for hydroxylation is 1. The maximum Gasteiger partial charge on any atom is 0.0355 e. The Morgan fingerprint density at radius 2 is 1.86 bits per heavy atom. The Kier molecular flexibility index (Phi) is 3.70. The predicted molar refractivity (Wildman–Crippen MR) is 62.3 cm³/mol. The van der Waals surface area contributed by atoms with E-state index >= 15 is 0 Å². The van der Waals surface area contributed by atoms with Crippen molar-refractivity contribution in [2.75, 3.05) is 0 Å². The lowest BCUT2D eigenvalue weighted by Gasteiger charge is -2.22. The van der Waals surface area contributed by atoms with Gasteiger partial charge in [-0.1, -0.05) is 37.6 Å². The molecule has 0 heterocycles. The fourth-order valence-electron chi connectivity index (χ4n) is 1.73. The summed E-state index contributed by atoms with van der Waals surface area (Å²) >= 11 is 0. The smallest absolute Gasteiger partial charge is 0.0355 e. The van der Waals surface area contributed by atoms with E-state index < -0.39 is 0 Å². The predicted octanol–water partition coefficient (Wildman–Crippen LogP) is 3.22. The average Bonchev–Trinajstić information content (AvgIpc) is 2.14. The van der Waals surface area contributed by atoms with Gasteiger partial charge in [0.15, 0.2) is 0 Å². The second-order valence-electron chi connectivity index (χ2n) is 4.48. The van der Waals surface area contributed by atoms with Crippen LogP contribution in [0.15, 0.2) is 24.3 Å². The van der Waals surface area contributed by atoms with E-state index in [0.717, 1.165) is 6.42 Å². The fraction of sp³-hybridized carbons (Fsp3) is 0.538. The molecule has 1 aromatic carbocycles. The molecule has 0 amide bonds. The molecule has 1 nitrogen and oxygen atoms in total. The Bertz CT molecular complexity index is 284. The molecule has 0 aliphatic heterocycles. The van der Waals surface area contributed by atoms with Gasteiger partial charge in [0, 0.05) is 5.54 Å². The molecule has 0 atom stereocenters. The molecule has 0 bridgehead atoms. The molecule has 1 aromatic rings. The summed E-state index contributed by atoms with van der Waals surface area (Å²) in [4.78, 5) is 0. The number of rotatable bonds is 4. The molecule has 0 aliphatic carbocycles. The standard InChI is InChI=1S/C13H21N/c1-4-5-8-11-9-6-7-10-12(11)13(2,3)14/h6-7,9-10H,4-5,8,14H2,1-3H3. The molecule has 0 unspecified atom stereocenters. The first kappa shape index (κ1) is 11.3. The van der Waals surface area contributed by atoms with E-state index in [-0.39, 0.29) is 5.54 Å². The Morgan fingerprint density at radius 3 is 2.43 bits per heavy atom. The molecule has 0 fully saturated rings. The summed E-state index contributed by atoms with van der Waals surface area (Å²) in [5.74, 6) is 0. The quantitative estimate of drug-likeness (QED) is 0.777. The van der Waals surface area contributed by atoms with Gasteiger partial charge in [-0.25, -0.2) is 0 Å². The largest absolute Gasteiger partial charge is 0.322 e. The summed E-state index contributed by atoms with van der Waals surface area (Å²) in [6.45, 7) is 6.35. The summed E-state index contributed by atoms with van der Waals surface area (Å²) in [6.07, 6.45) is 3.62. The molecule has 0 aromatic heterocycles. The molecule has 0 aliphatic rings. The molecule has 0 spiro atoms. The number of hydrogen-bond acceptors (Lipinski definition) is 1. The number of hydrogen-bond donors (Lipinski definition) is 1. The van der Waals surface area contributed by atoms with Gasteiger partial charge in [-0.3, -0.25) is 0 Å². The zero-order valence-corrected chi connectivity index (χ0v) is 9.51. The van der Waals surface area contributed by atoms with Crippen LogP contribution in [0.2, 0.25) is 0 Å². The summed E-state index contributed by atoms with van der Waals surface area (Å²) < 4.78 is 0. The van der Waals surface area contributed by atoms with Crippen LogP contribution in [0.3, 0.4) is 0 Å². The lowest BCUT2D eigenvalue weighted by atomic mass is 9.89. The van der Waals surface area contributed by atoms with Crippen molar-refractivity contribution in [3.8, 4) is 0 Å². The van der Waals surface area contributed by atoms with Crippen LogP contribution in [0.4, 0.5) is 0 Å². The maximum atomic E-state index is 6.13. The van der Waals surface area contributed by atoms with E-state index in [2.05, 4.69) is 45.0 Å². The van der Waals surface area contributed by atoms with Crippen LogP contribution in [-0.2, 0) is 12.0 Å². The molecule has 0 saturated carbocycles. The molecule has 0 radical (unpaired) electrons. The molecule has 0 saturated heterocycles. The highest BCUT2D eigenvalue weighted by Gasteiger charge is 2.16. The molecular formula is C13H21N. The van der Waals surface area contributed by atoms with Crippen LogP contribution >= 0.6 is 0 Å². The van der Waals surface area contributed by atoms with Gasteiger partial charge in [0.2, 0.25) is 0 Å². The first-order valence-electron chi connectivity index (χ1n) is 5.43. The molecule has 14 heavy (non-hydrogen) atoms. The normalized spacial score (nSPS) is 11.7. The van der Waals surface area contributed by atoms with Crippen molar-refractivity contribution in [3.05, 3.63) is 35.4 Å². The van der Waals surface area contributed by atoms with Crippen LogP contribution in [-0.4, -0.2) is 0 Å². The average molecular weight is 191 g/mol. The number of nitrogens with two attached hydrogens (primary N) is 1. The topological polar surface area (TPSA) is 26.0 Å². The van der Waals surface area contributed by atoms with Crippen molar-refractivity contribution in [1.82, 2.24) is 0 Å². The van der Waals surface area contributed by atoms with Crippen LogP contribution in [0.5, 0.6) is 0 Å². The Balaban J connectivity index is 2.92. The Labute approximate surface area is 87.3 Å². The van der Waals surface area contributed by atoms with Crippen molar-refractivity contribution >= 4 is 0 Å². The Hall–Kier alpha value is -0.820. The van der Waals surface area contributed by atoms with Gasteiger partial charge in [0.1, 0.15) is 0 Å². The van der Waals surface area contributed by atoms with E-state index in [4.69, 9.17) is 5.73 Å². The van der Waals surface area contributed by atoms with E-state index in [1.54, 1.807) is 0 Å². The van der Waals surface area contributed by atoms with E-state index in [1.807, 2.05) is 0 Å². The lowest BCUT2D eigenvalue weighted by molar-refractivity contribution is 0.546. The highest BCUT2D eigenvalue weighted by Crippen LogP contribution is 2.22. The monoisotopic (exact) mass is 191 g/mol. The van der Waals surface area contributed by atoms with Crippen molar-refractivity contribution < 1.29 is 0 Å². The van der Waals surface area contributed by atoms with Gasteiger partial charge >= 0.3 is 0 Å². The van der Waals surface area contributed by atoms with Crippen LogP contribution < -0.4 is 5.73 Å². The molecular weight excluding hydrogens is 170 g/mol. The van der Waals surface area contributed by atoms with Gasteiger partial charge in [0.25, 0.3) is 0 Å². The van der Waals surface area contributed by atoms with Gasteiger partial charge in [-0.15, -0.1) is 0 Å². The van der Waals surface area contributed by atoms with Crippen molar-refractivity contribution in [3.63, 3.8) is 0 Å². The van der Waals surface area contributed by atoms with E-state index in [1.165, 1.54) is 24.0 Å². The third kappa shape index (κ3) is 2.85. The Morgan fingerprint density at radius 1 is 1.21 bits per heavy atom. The summed E-state index contributed by atoms with van der Waals surface area (Å²) in [5.41, 5.74) is 8.60. The SMILES string of the molecule is CCCCc1ccccc1C(C)(C)N. The highest BCUT2D eigenvalue weighted by molar-refractivity contribution is 5.32. The minimum absolute atomic E-state index is 0.218. The first-order valence-corrected chi connectivity index (χ1v) is 5.43. The van der Waals surface area contributed by atoms with Crippen molar-refractivity contribution in [2.24, 2.45) is 5.73 Å². The van der Waals surface area contributed by atoms with E-state index in [9.17, 15) is 0 Å². The minimum Gasteiger partial charge on any atom is -0.322 e. The zero-order valence-electron chi connectivity index (χ0n) is 9.51. The van der Waals surface area contributed by atoms with Gasteiger partial charge in [-0.2, -0.15) is 0 Å². The maximum absolute atomic E-state index is 6.13. The van der Waals surface area contributed by atoms with E-state index in [0.29, 0.717) is 0 Å². The van der Waals surface area contributed by atoms with Crippen molar-refractivity contribution in [2.45, 2.75) is 45.6 Å². The number of unbranched alkanes of at least 4 members (excludes halogenated alkanes) is 1. The fourth-order valence-corrected chi connectivity index (χ4v) is 1.73. The van der Waals surface area contributed by atoms with Gasteiger partial charge in [-0.05, 0) is 37.8 Å². The van der Waals surface area contributed by atoms with Crippen LogP contribution in [0, 0.1) is 0 Å². The molecule has 2 N–H and O–H groups in total. The number of benzene rings is 1. The third-order valence-corrected chi connectivity index (χ3v) is 2.51. The summed E-state index contributed by atoms with van der Waals surface area (Å²) in [5, 5.41) is 0. The third-order valence-electron chi connectivity index (χ3n) is 2.51. The second-order valence-corrected chi connectivity index (χ2v) is 4.48. The van der Waals surface area contributed by atoms with Gasteiger partial charge in [0.05, 0.1) is 0 Å². The first-order chi connectivity index (χ1) is 6.55. The molecule has 1 rings (SSSR count). The second kappa shape index (κ2) is 4.61.